The standard InChI is InChI=1S/C16H16O/c1-12-8-6-7-11-15(12)16(17)13(2)14-9-4-3-5-10-14/h3-11,13H,1-2H3/t13-/m1/s1. The fourth-order valence-corrected chi connectivity index (χ4v) is 1.98. The summed E-state index contributed by atoms with van der Waals surface area (Å²) in [5, 5.41) is 0. The molecular weight excluding hydrogens is 208 g/mol. The molecule has 1 atom stereocenters. The van der Waals surface area contributed by atoms with E-state index in [1.165, 1.54) is 0 Å². The quantitative estimate of drug-likeness (QED) is 0.721. The van der Waals surface area contributed by atoms with Crippen LogP contribution in [0.5, 0.6) is 0 Å². The summed E-state index contributed by atoms with van der Waals surface area (Å²) in [4.78, 5) is 12.4. The van der Waals surface area contributed by atoms with Crippen LogP contribution in [-0.2, 0) is 0 Å². The van der Waals surface area contributed by atoms with Crippen molar-refractivity contribution in [3.63, 3.8) is 0 Å². The number of Topliss-reactive ketones (excluding diaryl/α,β-unsaturated/α-hetero) is 1. The summed E-state index contributed by atoms with van der Waals surface area (Å²) in [7, 11) is 0. The highest BCUT2D eigenvalue weighted by atomic mass is 16.1. The Hall–Kier alpha value is -1.89. The molecule has 2 aromatic rings. The predicted molar refractivity (Wildman–Crippen MR) is 70.4 cm³/mol. The van der Waals surface area contributed by atoms with E-state index in [0.29, 0.717) is 0 Å². The summed E-state index contributed by atoms with van der Waals surface area (Å²) >= 11 is 0. The Kier molecular flexibility index (Phi) is 3.38. The largest absolute Gasteiger partial charge is 0.293 e. The van der Waals surface area contributed by atoms with Gasteiger partial charge in [-0.15, -0.1) is 0 Å². The molecule has 86 valence electrons. The van der Waals surface area contributed by atoms with Gasteiger partial charge in [-0.25, -0.2) is 0 Å². The fourth-order valence-electron chi connectivity index (χ4n) is 1.98. The van der Waals surface area contributed by atoms with E-state index < -0.39 is 0 Å². The maximum Gasteiger partial charge on any atom is 0.170 e. The van der Waals surface area contributed by atoms with E-state index in [4.69, 9.17) is 0 Å². The number of benzene rings is 2. The van der Waals surface area contributed by atoms with Crippen molar-refractivity contribution in [2.45, 2.75) is 19.8 Å². The van der Waals surface area contributed by atoms with Gasteiger partial charge in [-0.05, 0) is 18.1 Å². The predicted octanol–water partition coefficient (Wildman–Crippen LogP) is 3.98. The van der Waals surface area contributed by atoms with Gasteiger partial charge in [0, 0.05) is 11.5 Å². The van der Waals surface area contributed by atoms with Crippen molar-refractivity contribution >= 4 is 5.78 Å². The molecule has 0 aliphatic heterocycles. The second kappa shape index (κ2) is 4.96. The third-order valence-corrected chi connectivity index (χ3v) is 3.10. The van der Waals surface area contributed by atoms with Gasteiger partial charge in [0.05, 0.1) is 0 Å². The van der Waals surface area contributed by atoms with Gasteiger partial charge in [0.25, 0.3) is 0 Å². The molecule has 0 saturated carbocycles. The molecule has 0 N–H and O–H groups in total. The monoisotopic (exact) mass is 224 g/mol. The summed E-state index contributed by atoms with van der Waals surface area (Å²) < 4.78 is 0. The highest BCUT2D eigenvalue weighted by molar-refractivity contribution is 6.01. The van der Waals surface area contributed by atoms with E-state index in [9.17, 15) is 4.79 Å². The Morgan fingerprint density at radius 2 is 1.53 bits per heavy atom. The number of hydrogen-bond acceptors (Lipinski definition) is 1. The van der Waals surface area contributed by atoms with Crippen LogP contribution in [0.15, 0.2) is 54.6 Å². The van der Waals surface area contributed by atoms with Gasteiger partial charge < -0.3 is 0 Å². The van der Waals surface area contributed by atoms with Gasteiger partial charge in [-0.2, -0.15) is 0 Å². The molecule has 0 heterocycles. The zero-order valence-corrected chi connectivity index (χ0v) is 10.2. The number of carbonyl (C=O) groups is 1. The van der Waals surface area contributed by atoms with Crippen molar-refractivity contribution < 1.29 is 4.79 Å². The first-order valence-corrected chi connectivity index (χ1v) is 5.85. The zero-order valence-electron chi connectivity index (χ0n) is 10.2. The first kappa shape index (κ1) is 11.6. The lowest BCUT2D eigenvalue weighted by molar-refractivity contribution is 0.0965. The van der Waals surface area contributed by atoms with E-state index in [1.807, 2.05) is 68.4 Å². The molecule has 0 aliphatic rings. The van der Waals surface area contributed by atoms with E-state index in [2.05, 4.69) is 0 Å². The zero-order chi connectivity index (χ0) is 12.3. The molecule has 0 spiro atoms. The fraction of sp³-hybridized carbons (Fsp3) is 0.188. The lowest BCUT2D eigenvalue weighted by Crippen LogP contribution is -2.10. The number of hydrogen-bond donors (Lipinski definition) is 0. The molecule has 0 saturated heterocycles. The van der Waals surface area contributed by atoms with Gasteiger partial charge in [0.2, 0.25) is 0 Å². The average Bonchev–Trinajstić information content (AvgIpc) is 2.39. The van der Waals surface area contributed by atoms with Gasteiger partial charge in [-0.3, -0.25) is 4.79 Å². The number of rotatable bonds is 3. The molecule has 1 nitrogen and oxygen atoms in total. The van der Waals surface area contributed by atoms with Crippen molar-refractivity contribution in [2.24, 2.45) is 0 Å². The minimum atomic E-state index is -0.0858. The van der Waals surface area contributed by atoms with Crippen LogP contribution in [0, 0.1) is 6.92 Å². The van der Waals surface area contributed by atoms with E-state index in [1.54, 1.807) is 0 Å². The minimum absolute atomic E-state index is 0.0858. The molecule has 2 aromatic carbocycles. The molecule has 0 amide bonds. The van der Waals surface area contributed by atoms with E-state index in [-0.39, 0.29) is 11.7 Å². The Morgan fingerprint density at radius 3 is 2.18 bits per heavy atom. The van der Waals surface area contributed by atoms with Crippen LogP contribution < -0.4 is 0 Å². The Morgan fingerprint density at radius 1 is 0.941 bits per heavy atom. The van der Waals surface area contributed by atoms with Crippen LogP contribution >= 0.6 is 0 Å². The van der Waals surface area contributed by atoms with Gasteiger partial charge in [0.1, 0.15) is 0 Å². The first-order valence-electron chi connectivity index (χ1n) is 5.85. The number of aryl methyl sites for hydroxylation is 1. The lowest BCUT2D eigenvalue weighted by atomic mass is 9.90. The third-order valence-electron chi connectivity index (χ3n) is 3.10. The van der Waals surface area contributed by atoms with E-state index >= 15 is 0 Å². The van der Waals surface area contributed by atoms with Crippen LogP contribution in [0.25, 0.3) is 0 Å². The molecule has 0 bridgehead atoms. The average molecular weight is 224 g/mol. The van der Waals surface area contributed by atoms with Crippen molar-refractivity contribution in [1.82, 2.24) is 0 Å². The maximum absolute atomic E-state index is 12.4. The summed E-state index contributed by atoms with van der Waals surface area (Å²) in [6.45, 7) is 3.94. The van der Waals surface area contributed by atoms with Crippen LogP contribution in [-0.4, -0.2) is 5.78 Å². The van der Waals surface area contributed by atoms with Crippen molar-refractivity contribution in [1.29, 1.82) is 0 Å². The molecule has 17 heavy (non-hydrogen) atoms. The van der Waals surface area contributed by atoms with E-state index in [0.717, 1.165) is 16.7 Å². The van der Waals surface area contributed by atoms with Crippen molar-refractivity contribution in [3.05, 3.63) is 71.3 Å². The molecule has 0 aliphatic carbocycles. The van der Waals surface area contributed by atoms with Crippen LogP contribution in [0.4, 0.5) is 0 Å². The summed E-state index contributed by atoms with van der Waals surface area (Å²) in [6.07, 6.45) is 0. The molecule has 0 radical (unpaired) electrons. The summed E-state index contributed by atoms with van der Waals surface area (Å²) in [5.74, 6) is 0.103. The Labute approximate surface area is 102 Å². The summed E-state index contributed by atoms with van der Waals surface area (Å²) in [5.41, 5.74) is 2.94. The second-order valence-corrected chi connectivity index (χ2v) is 4.31. The van der Waals surface area contributed by atoms with Gasteiger partial charge >= 0.3 is 0 Å². The molecule has 1 heteroatoms. The number of ketones is 1. The molecule has 0 aromatic heterocycles. The maximum atomic E-state index is 12.4. The summed E-state index contributed by atoms with van der Waals surface area (Å²) in [6, 6.07) is 17.7. The third kappa shape index (κ3) is 2.44. The highest BCUT2D eigenvalue weighted by Crippen LogP contribution is 2.21. The molecule has 0 unspecified atom stereocenters. The first-order chi connectivity index (χ1) is 8.20. The van der Waals surface area contributed by atoms with Gasteiger partial charge in [0.15, 0.2) is 5.78 Å². The van der Waals surface area contributed by atoms with Crippen LogP contribution in [0.2, 0.25) is 0 Å². The highest BCUT2D eigenvalue weighted by Gasteiger charge is 2.17. The molecule has 2 rings (SSSR count). The minimum Gasteiger partial charge on any atom is -0.293 e. The van der Waals surface area contributed by atoms with Crippen LogP contribution in [0.1, 0.15) is 34.3 Å². The van der Waals surface area contributed by atoms with Crippen LogP contribution in [0.3, 0.4) is 0 Å². The normalized spacial score (nSPS) is 12.1. The Bertz CT molecular complexity index is 514. The smallest absolute Gasteiger partial charge is 0.170 e. The SMILES string of the molecule is Cc1ccccc1C(=O)[C@H](C)c1ccccc1. The second-order valence-electron chi connectivity index (χ2n) is 4.31. The topological polar surface area (TPSA) is 17.1 Å². The lowest BCUT2D eigenvalue weighted by Gasteiger charge is -2.12. The Balaban J connectivity index is 2.30. The number of carbonyl (C=O) groups excluding carboxylic acids is 1. The molecular formula is C16H16O. The van der Waals surface area contributed by atoms with Gasteiger partial charge in [-0.1, -0.05) is 61.5 Å². The van der Waals surface area contributed by atoms with Crippen molar-refractivity contribution in [2.75, 3.05) is 0 Å². The van der Waals surface area contributed by atoms with Crippen molar-refractivity contribution in [3.8, 4) is 0 Å². The molecule has 0 fully saturated rings.